The molecule has 1 unspecified atom stereocenters. The summed E-state index contributed by atoms with van der Waals surface area (Å²) in [4.78, 5) is 5.18. The van der Waals surface area contributed by atoms with Crippen molar-refractivity contribution in [2.75, 3.05) is 9.80 Å². The van der Waals surface area contributed by atoms with Crippen LogP contribution in [0.5, 0.6) is 0 Å². The van der Waals surface area contributed by atoms with Gasteiger partial charge in [0.2, 0.25) is 0 Å². The van der Waals surface area contributed by atoms with Crippen molar-refractivity contribution < 1.29 is 0 Å². The molecule has 9 rings (SSSR count). The Morgan fingerprint density at radius 2 is 0.873 bits per heavy atom. The van der Waals surface area contributed by atoms with Crippen molar-refractivity contribution in [1.29, 1.82) is 0 Å². The Morgan fingerprint density at radius 3 is 1.32 bits per heavy atom. The predicted octanol–water partition coefficient (Wildman–Crippen LogP) is 14.4. The summed E-state index contributed by atoms with van der Waals surface area (Å²) in [6.45, 7) is 30.7. The molecule has 0 saturated carbocycles. The van der Waals surface area contributed by atoms with Crippen LogP contribution in [0.1, 0.15) is 130 Å². The van der Waals surface area contributed by atoms with E-state index in [4.69, 9.17) is 0 Å². The van der Waals surface area contributed by atoms with Crippen LogP contribution in [0.2, 0.25) is 0 Å². The molecule has 2 heterocycles. The van der Waals surface area contributed by atoms with Crippen molar-refractivity contribution in [1.82, 2.24) is 0 Å². The Bertz CT molecular complexity index is 2750. The summed E-state index contributed by atoms with van der Waals surface area (Å²) in [5.74, 6) is 0.457. The van der Waals surface area contributed by atoms with Crippen LogP contribution >= 0.6 is 0 Å². The fourth-order valence-electron chi connectivity index (χ4n) is 10.3. The first-order valence-corrected chi connectivity index (χ1v) is 23.3. The number of anilines is 6. The minimum Gasteiger partial charge on any atom is -0.311 e. The van der Waals surface area contributed by atoms with Gasteiger partial charge in [-0.2, -0.15) is 0 Å². The molecule has 6 aromatic carbocycles. The second-order valence-electron chi connectivity index (χ2n) is 22.8. The first kappa shape index (κ1) is 42.8. The smallest absolute Gasteiger partial charge is 0.252 e. The second-order valence-corrected chi connectivity index (χ2v) is 22.8. The Hall–Kier alpha value is -5.54. The highest BCUT2D eigenvalue weighted by atomic mass is 15.2. The van der Waals surface area contributed by atoms with Gasteiger partial charge >= 0.3 is 0 Å². The van der Waals surface area contributed by atoms with Crippen LogP contribution in [0.3, 0.4) is 0 Å². The zero-order chi connectivity index (χ0) is 44.9. The number of rotatable bonds is 6. The van der Waals surface area contributed by atoms with Crippen molar-refractivity contribution in [3.8, 4) is 0 Å². The zero-order valence-electron chi connectivity index (χ0n) is 40.2. The molecule has 3 aliphatic rings. The summed E-state index contributed by atoms with van der Waals surface area (Å²) in [5.41, 5.74) is 19.3. The molecule has 3 heteroatoms. The van der Waals surface area contributed by atoms with Crippen LogP contribution in [0.4, 0.5) is 34.1 Å². The molecule has 0 radical (unpaired) electrons. The molecule has 0 N–H and O–H groups in total. The standard InChI is InChI=1S/C60H67BN2/c1-56(2,3)44-28-34-51-49(36-44)61-50-37-45(57(4,5)6)29-35-52(50)63(48-32-26-43(27-33-48)60(12,13)41-22-18-15-19-23-41)54-39-46(58(7,8)9)38-53(55(54)61)62(51)47-30-24-42(25-31-47)59(10,11)40-20-16-14-17-21-40/h14-22,24-39,41H,23H2,1-13H3. The van der Waals surface area contributed by atoms with E-state index in [0.29, 0.717) is 5.92 Å². The number of hydrogen-bond donors (Lipinski definition) is 0. The van der Waals surface area contributed by atoms with Gasteiger partial charge in [0.1, 0.15) is 0 Å². The van der Waals surface area contributed by atoms with E-state index in [9.17, 15) is 0 Å². The third-order valence-corrected chi connectivity index (χ3v) is 14.8. The molecule has 0 aromatic heterocycles. The average Bonchev–Trinajstić information content (AvgIpc) is 3.25. The number of hydrogen-bond acceptors (Lipinski definition) is 2. The lowest BCUT2D eigenvalue weighted by molar-refractivity contribution is 0.382. The fourth-order valence-corrected chi connectivity index (χ4v) is 10.3. The number of nitrogens with zero attached hydrogens (tertiary/aromatic N) is 2. The van der Waals surface area contributed by atoms with Gasteiger partial charge in [-0.25, -0.2) is 0 Å². The van der Waals surface area contributed by atoms with Crippen LogP contribution in [0, 0.1) is 5.92 Å². The Kier molecular flexibility index (Phi) is 10.2. The molecule has 0 spiro atoms. The van der Waals surface area contributed by atoms with Gasteiger partial charge in [-0.3, -0.25) is 0 Å². The largest absolute Gasteiger partial charge is 0.311 e. The molecule has 320 valence electrons. The SMILES string of the molecule is CC(C)(C)c1ccc2c(c1)B1c3cc(C(C)(C)C)ccc3N(c3ccc(C(C)(C)C4C=CC=CC4)cc3)c3cc(C(C)(C)C)cc(c31)N2c1ccc(C(C)(C)c2ccccc2)cc1. The topological polar surface area (TPSA) is 6.48 Å². The quantitative estimate of drug-likeness (QED) is 0.154. The predicted molar refractivity (Wildman–Crippen MR) is 275 cm³/mol. The van der Waals surface area contributed by atoms with Crippen LogP contribution < -0.4 is 26.2 Å². The molecule has 6 aromatic rings. The van der Waals surface area contributed by atoms with Gasteiger partial charge in [-0.15, -0.1) is 0 Å². The molecular weight excluding hydrogens is 759 g/mol. The lowest BCUT2D eigenvalue weighted by Crippen LogP contribution is -2.61. The highest BCUT2D eigenvalue weighted by Gasteiger charge is 2.45. The molecule has 63 heavy (non-hydrogen) atoms. The van der Waals surface area contributed by atoms with Crippen molar-refractivity contribution in [2.24, 2.45) is 5.92 Å². The molecule has 0 saturated heterocycles. The van der Waals surface area contributed by atoms with E-state index in [1.54, 1.807) is 0 Å². The monoisotopic (exact) mass is 827 g/mol. The molecule has 0 bridgehead atoms. The van der Waals surface area contributed by atoms with Crippen molar-refractivity contribution in [3.05, 3.63) is 185 Å². The Balaban J connectivity index is 1.31. The van der Waals surface area contributed by atoms with E-state index < -0.39 is 0 Å². The van der Waals surface area contributed by atoms with Crippen LogP contribution in [0.15, 0.2) is 152 Å². The van der Waals surface area contributed by atoms with Crippen molar-refractivity contribution >= 4 is 57.2 Å². The van der Waals surface area contributed by atoms with E-state index >= 15 is 0 Å². The molecule has 1 atom stereocenters. The van der Waals surface area contributed by atoms with Gasteiger partial charge in [0.25, 0.3) is 6.71 Å². The third kappa shape index (κ3) is 7.40. The average molecular weight is 827 g/mol. The van der Waals surface area contributed by atoms with Crippen LogP contribution in [-0.4, -0.2) is 6.71 Å². The number of allylic oxidation sites excluding steroid dienone is 4. The minimum atomic E-state index is -0.137. The third-order valence-electron chi connectivity index (χ3n) is 14.8. The van der Waals surface area contributed by atoms with E-state index in [1.807, 2.05) is 0 Å². The molecule has 0 fully saturated rings. The Labute approximate surface area is 379 Å². The van der Waals surface area contributed by atoms with E-state index in [-0.39, 0.29) is 33.8 Å². The van der Waals surface area contributed by atoms with E-state index in [0.717, 1.165) is 6.42 Å². The number of fused-ring (bicyclic) bond motifs is 4. The lowest BCUT2D eigenvalue weighted by Gasteiger charge is -2.46. The highest BCUT2D eigenvalue weighted by molar-refractivity contribution is 7.00. The van der Waals surface area contributed by atoms with Crippen molar-refractivity contribution in [3.63, 3.8) is 0 Å². The zero-order valence-corrected chi connectivity index (χ0v) is 40.2. The van der Waals surface area contributed by atoms with Gasteiger partial charge < -0.3 is 9.80 Å². The summed E-state index contributed by atoms with van der Waals surface area (Å²) in [6.07, 6.45) is 10.2. The first-order valence-electron chi connectivity index (χ1n) is 23.3. The lowest BCUT2D eigenvalue weighted by atomic mass is 9.33. The summed E-state index contributed by atoms with van der Waals surface area (Å²) in [7, 11) is 0. The maximum Gasteiger partial charge on any atom is 0.252 e. The normalized spacial score (nSPS) is 16.2. The van der Waals surface area contributed by atoms with Gasteiger partial charge in [-0.05, 0) is 132 Å². The summed E-state index contributed by atoms with van der Waals surface area (Å²) in [6, 6.07) is 49.6. The molecule has 1 aliphatic carbocycles. The molecule has 2 nitrogen and oxygen atoms in total. The maximum atomic E-state index is 2.59. The summed E-state index contributed by atoms with van der Waals surface area (Å²) < 4.78 is 0. The highest BCUT2D eigenvalue weighted by Crippen LogP contribution is 2.48. The van der Waals surface area contributed by atoms with Gasteiger partial charge in [0.15, 0.2) is 0 Å². The number of benzene rings is 6. The molecule has 2 aliphatic heterocycles. The molecular formula is C60H67BN2. The van der Waals surface area contributed by atoms with Crippen LogP contribution in [-0.2, 0) is 27.1 Å². The summed E-state index contributed by atoms with van der Waals surface area (Å²) >= 11 is 0. The van der Waals surface area contributed by atoms with Crippen molar-refractivity contribution in [2.45, 2.75) is 124 Å². The Morgan fingerprint density at radius 1 is 0.429 bits per heavy atom. The molecule has 0 amide bonds. The van der Waals surface area contributed by atoms with Gasteiger partial charge in [0.05, 0.1) is 0 Å². The van der Waals surface area contributed by atoms with E-state index in [1.165, 1.54) is 83.9 Å². The van der Waals surface area contributed by atoms with Crippen LogP contribution in [0.25, 0.3) is 0 Å². The second kappa shape index (κ2) is 15.0. The fraction of sp³-hybridized carbons (Fsp3) is 0.333. The maximum absolute atomic E-state index is 2.59. The first-order chi connectivity index (χ1) is 29.7. The van der Waals surface area contributed by atoms with Gasteiger partial charge in [-0.1, -0.05) is 193 Å². The van der Waals surface area contributed by atoms with Gasteiger partial charge in [0, 0.05) is 39.5 Å². The minimum absolute atomic E-state index is 0.00154. The summed E-state index contributed by atoms with van der Waals surface area (Å²) in [5, 5.41) is 0. The van der Waals surface area contributed by atoms with E-state index in [2.05, 4.69) is 252 Å².